The van der Waals surface area contributed by atoms with Crippen LogP contribution < -0.4 is 4.90 Å². The van der Waals surface area contributed by atoms with Crippen LogP contribution in [0.5, 0.6) is 0 Å². The van der Waals surface area contributed by atoms with Gasteiger partial charge in [-0.1, -0.05) is 19.9 Å². The highest BCUT2D eigenvalue weighted by molar-refractivity contribution is 7.13. The second-order valence-electron chi connectivity index (χ2n) is 11.2. The van der Waals surface area contributed by atoms with Gasteiger partial charge in [0.15, 0.2) is 11.4 Å². The Morgan fingerprint density at radius 2 is 1.91 bits per heavy atom. The van der Waals surface area contributed by atoms with Gasteiger partial charge in [-0.2, -0.15) is 5.10 Å². The molecule has 2 fully saturated rings. The van der Waals surface area contributed by atoms with Crippen molar-refractivity contribution in [2.45, 2.75) is 52.1 Å². The van der Waals surface area contributed by atoms with Crippen molar-refractivity contribution in [1.82, 2.24) is 29.4 Å². The Morgan fingerprint density at radius 1 is 1.09 bits per heavy atom. The first-order valence-electron chi connectivity index (χ1n) is 15.3. The van der Waals surface area contributed by atoms with Crippen LogP contribution in [0.2, 0.25) is 0 Å². The summed E-state index contributed by atoms with van der Waals surface area (Å²) >= 11 is 1.63. The highest BCUT2D eigenvalue weighted by Gasteiger charge is 2.38. The van der Waals surface area contributed by atoms with E-state index in [2.05, 4.69) is 30.8 Å². The summed E-state index contributed by atoms with van der Waals surface area (Å²) in [5, 5.41) is 6.58. The van der Waals surface area contributed by atoms with Crippen molar-refractivity contribution in [2.24, 2.45) is 0 Å². The fourth-order valence-corrected chi connectivity index (χ4v) is 6.70. The van der Waals surface area contributed by atoms with Crippen molar-refractivity contribution >= 4 is 34.5 Å². The minimum Gasteiger partial charge on any atom is -0.378 e. The van der Waals surface area contributed by atoms with E-state index in [1.165, 1.54) is 0 Å². The van der Waals surface area contributed by atoms with Gasteiger partial charge in [0.05, 0.1) is 41.2 Å². The average molecular weight is 602 g/mol. The first-order chi connectivity index (χ1) is 21.0. The zero-order valence-electron chi connectivity index (χ0n) is 25.1. The first-order valence-corrected chi connectivity index (χ1v) is 16.2. The van der Waals surface area contributed by atoms with Crippen LogP contribution in [0.4, 0.5) is 5.82 Å². The quantitative estimate of drug-likeness (QED) is 0.229. The summed E-state index contributed by atoms with van der Waals surface area (Å²) in [6.07, 6.45) is 5.63. The van der Waals surface area contributed by atoms with Crippen LogP contribution in [0.25, 0.3) is 27.5 Å². The zero-order chi connectivity index (χ0) is 29.9. The van der Waals surface area contributed by atoms with Gasteiger partial charge in [0.25, 0.3) is 0 Å². The molecule has 2 aliphatic heterocycles. The number of nitrogens with zero attached hydrogens (tertiary/aromatic N) is 7. The van der Waals surface area contributed by atoms with Crippen molar-refractivity contribution in [3.05, 3.63) is 53.7 Å². The Bertz CT molecular complexity index is 1580. The second-order valence-corrected chi connectivity index (χ2v) is 12.1. The van der Waals surface area contributed by atoms with E-state index < -0.39 is 0 Å². The monoisotopic (exact) mass is 601 g/mol. The van der Waals surface area contributed by atoms with Gasteiger partial charge < -0.3 is 19.4 Å². The van der Waals surface area contributed by atoms with Crippen molar-refractivity contribution in [3.8, 4) is 21.8 Å². The molecule has 4 aromatic rings. The number of carbonyl (C=O) groups excluding carboxylic acids is 2. The van der Waals surface area contributed by atoms with Gasteiger partial charge in [0, 0.05) is 43.9 Å². The SMILES string of the molecule is CCN(CC)[C@@H](C)CCC(=O)c1cc(-c2cnn3ccc(-c4cccs4)nc23)nc(N2CC[C@H]2C(=O)N2CCOCC2)c1. The lowest BCUT2D eigenvalue weighted by Gasteiger charge is -2.43. The lowest BCUT2D eigenvalue weighted by Crippen LogP contribution is -2.59. The van der Waals surface area contributed by atoms with Crippen LogP contribution >= 0.6 is 11.3 Å². The van der Waals surface area contributed by atoms with Crippen molar-refractivity contribution < 1.29 is 14.3 Å². The molecule has 4 aromatic heterocycles. The van der Waals surface area contributed by atoms with Crippen molar-refractivity contribution in [1.29, 1.82) is 0 Å². The molecule has 0 radical (unpaired) electrons. The molecule has 0 unspecified atom stereocenters. The Balaban J connectivity index is 1.35. The number of fused-ring (bicyclic) bond motifs is 1. The largest absolute Gasteiger partial charge is 0.378 e. The van der Waals surface area contributed by atoms with E-state index in [0.29, 0.717) is 68.0 Å². The van der Waals surface area contributed by atoms with Crippen LogP contribution in [0.3, 0.4) is 0 Å². The Kier molecular flexibility index (Phi) is 8.83. The third-order valence-electron chi connectivity index (χ3n) is 8.70. The molecule has 10 nitrogen and oxygen atoms in total. The number of carbonyl (C=O) groups is 2. The summed E-state index contributed by atoms with van der Waals surface area (Å²) in [6.45, 7) is 11.4. The van der Waals surface area contributed by atoms with Gasteiger partial charge in [-0.15, -0.1) is 11.3 Å². The van der Waals surface area contributed by atoms with Gasteiger partial charge in [0.2, 0.25) is 5.91 Å². The molecule has 0 aromatic carbocycles. The minimum absolute atomic E-state index is 0.0733. The number of morpholine rings is 1. The molecule has 11 heteroatoms. The molecule has 6 heterocycles. The van der Waals surface area contributed by atoms with E-state index in [9.17, 15) is 9.59 Å². The van der Waals surface area contributed by atoms with Crippen molar-refractivity contribution in [2.75, 3.05) is 50.8 Å². The number of Topliss-reactive ketones (excluding diaryl/α,β-unsaturated/α-hetero) is 1. The average Bonchev–Trinajstić information content (AvgIpc) is 3.71. The topological polar surface area (TPSA) is 96.2 Å². The number of hydrogen-bond donors (Lipinski definition) is 0. The number of hydrogen-bond acceptors (Lipinski definition) is 9. The van der Waals surface area contributed by atoms with Crippen LogP contribution in [0, 0.1) is 0 Å². The van der Waals surface area contributed by atoms with Gasteiger partial charge >= 0.3 is 0 Å². The normalized spacial score (nSPS) is 17.8. The zero-order valence-corrected chi connectivity index (χ0v) is 25.9. The van der Waals surface area contributed by atoms with E-state index in [4.69, 9.17) is 14.7 Å². The Hall–Kier alpha value is -3.67. The third-order valence-corrected chi connectivity index (χ3v) is 9.59. The highest BCUT2D eigenvalue weighted by Crippen LogP contribution is 2.33. The second kappa shape index (κ2) is 12.9. The molecule has 2 aliphatic rings. The maximum Gasteiger partial charge on any atom is 0.245 e. The van der Waals surface area contributed by atoms with Crippen LogP contribution in [0.15, 0.2) is 48.1 Å². The van der Waals surface area contributed by atoms with Crippen molar-refractivity contribution in [3.63, 3.8) is 0 Å². The maximum absolute atomic E-state index is 13.7. The van der Waals surface area contributed by atoms with E-state index in [-0.39, 0.29) is 17.7 Å². The summed E-state index contributed by atoms with van der Waals surface area (Å²) in [5.41, 5.74) is 3.52. The van der Waals surface area contributed by atoms with E-state index in [1.807, 2.05) is 51.7 Å². The summed E-state index contributed by atoms with van der Waals surface area (Å²) in [4.78, 5) is 44.4. The molecule has 226 valence electrons. The maximum atomic E-state index is 13.7. The number of anilines is 1. The predicted octanol–water partition coefficient (Wildman–Crippen LogP) is 4.65. The molecule has 0 N–H and O–H groups in total. The van der Waals surface area contributed by atoms with E-state index in [0.717, 1.165) is 42.1 Å². The highest BCUT2D eigenvalue weighted by atomic mass is 32.1. The molecule has 2 atom stereocenters. The van der Waals surface area contributed by atoms with Crippen LogP contribution in [-0.2, 0) is 9.53 Å². The number of ketones is 1. The van der Waals surface area contributed by atoms with E-state index in [1.54, 1.807) is 22.0 Å². The fourth-order valence-electron chi connectivity index (χ4n) is 6.00. The smallest absolute Gasteiger partial charge is 0.245 e. The summed E-state index contributed by atoms with van der Waals surface area (Å²) in [6, 6.07) is 9.75. The molecule has 6 rings (SSSR count). The lowest BCUT2D eigenvalue weighted by molar-refractivity contribution is -0.138. The number of rotatable bonds is 11. The standard InChI is InChI=1S/C32H39N7O3S/c1-4-36(5-2)22(3)8-9-28(40)23-19-26(24-21-33-39-13-10-25(35-31(24)39)29-7-6-18-43-29)34-30(20-23)38-12-11-27(38)32(41)37-14-16-42-17-15-37/h6-7,10,13,18-22,27H,4-5,8-9,11-12,14-17H2,1-3H3/t22-,27-/m0/s1. The van der Waals surface area contributed by atoms with Gasteiger partial charge in [-0.3, -0.25) is 9.59 Å². The van der Waals surface area contributed by atoms with Gasteiger partial charge in [0.1, 0.15) is 11.9 Å². The number of aromatic nitrogens is 4. The molecular weight excluding hydrogens is 562 g/mol. The van der Waals surface area contributed by atoms with Gasteiger partial charge in [-0.05, 0) is 62.5 Å². The molecule has 43 heavy (non-hydrogen) atoms. The molecule has 0 spiro atoms. The minimum atomic E-state index is -0.293. The lowest BCUT2D eigenvalue weighted by atomic mass is 9.98. The Morgan fingerprint density at radius 3 is 2.60 bits per heavy atom. The molecule has 0 aliphatic carbocycles. The third kappa shape index (κ3) is 6.07. The fraction of sp³-hybridized carbons (Fsp3) is 0.469. The molecular formula is C32H39N7O3S. The first kappa shape index (κ1) is 29.4. The number of amides is 1. The number of thiophene rings is 1. The number of ether oxygens (including phenoxy) is 1. The molecule has 1 amide bonds. The Labute approximate surface area is 256 Å². The summed E-state index contributed by atoms with van der Waals surface area (Å²) < 4.78 is 7.19. The molecule has 0 saturated carbocycles. The molecule has 0 bridgehead atoms. The molecule has 2 saturated heterocycles. The van der Waals surface area contributed by atoms with Crippen LogP contribution in [-0.4, -0.2) is 99.1 Å². The summed E-state index contributed by atoms with van der Waals surface area (Å²) in [5.74, 6) is 0.814. The predicted molar refractivity (Wildman–Crippen MR) is 169 cm³/mol. The van der Waals surface area contributed by atoms with Gasteiger partial charge in [-0.25, -0.2) is 14.5 Å². The number of pyridine rings is 1. The van der Waals surface area contributed by atoms with E-state index >= 15 is 0 Å². The summed E-state index contributed by atoms with van der Waals surface area (Å²) in [7, 11) is 0. The van der Waals surface area contributed by atoms with Crippen LogP contribution in [0.1, 0.15) is 50.4 Å².